The van der Waals surface area contributed by atoms with Gasteiger partial charge in [-0.05, 0) is 6.92 Å². The second kappa shape index (κ2) is 4.68. The van der Waals surface area contributed by atoms with Gasteiger partial charge in [-0.2, -0.15) is 0 Å². The van der Waals surface area contributed by atoms with Gasteiger partial charge < -0.3 is 16.4 Å². The molecule has 0 unspecified atom stereocenters. The fraction of sp³-hybridized carbons (Fsp3) is 0.667. The van der Waals surface area contributed by atoms with Gasteiger partial charge in [0.25, 0.3) is 0 Å². The molecule has 0 saturated carbocycles. The summed E-state index contributed by atoms with van der Waals surface area (Å²) in [6.07, 6.45) is 0. The van der Waals surface area contributed by atoms with Crippen LogP contribution in [0.15, 0.2) is 0 Å². The van der Waals surface area contributed by atoms with Gasteiger partial charge in [0.15, 0.2) is 0 Å². The molecule has 0 aromatic carbocycles. The van der Waals surface area contributed by atoms with Crippen molar-refractivity contribution in [2.75, 3.05) is 19.6 Å². The molecule has 5 heteroatoms. The van der Waals surface area contributed by atoms with Crippen molar-refractivity contribution in [2.45, 2.75) is 6.92 Å². The van der Waals surface area contributed by atoms with Crippen molar-refractivity contribution < 1.29 is 9.59 Å². The maximum absolute atomic E-state index is 10.9. The summed E-state index contributed by atoms with van der Waals surface area (Å²) in [5, 5.41) is 0. The zero-order valence-corrected chi connectivity index (χ0v) is 6.54. The Kier molecular flexibility index (Phi) is 4.21. The Morgan fingerprint density at radius 1 is 1.45 bits per heavy atom. The molecule has 0 fully saturated rings. The molecule has 0 radical (unpaired) electrons. The average molecular weight is 159 g/mol. The summed E-state index contributed by atoms with van der Waals surface area (Å²) in [5.74, 6) is -0.778. The minimum absolute atomic E-state index is 0.0491. The molecule has 0 aliphatic carbocycles. The number of nitrogens with two attached hydrogens (primary N) is 2. The highest BCUT2D eigenvalue weighted by molar-refractivity contribution is 5.84. The lowest BCUT2D eigenvalue weighted by Gasteiger charge is -2.17. The van der Waals surface area contributed by atoms with E-state index in [1.165, 1.54) is 4.90 Å². The minimum atomic E-state index is -0.520. The number of likely N-dealkylation sites (N-methyl/N-ethyl adjacent to an activating group) is 1. The molecule has 64 valence electrons. The largest absolute Gasteiger partial charge is 0.368 e. The third-order valence-electron chi connectivity index (χ3n) is 1.26. The molecule has 0 heterocycles. The van der Waals surface area contributed by atoms with E-state index < -0.39 is 5.91 Å². The van der Waals surface area contributed by atoms with Crippen molar-refractivity contribution in [1.82, 2.24) is 4.90 Å². The number of carbonyl (C=O) groups is 2. The lowest BCUT2D eigenvalue weighted by Crippen LogP contribution is -2.41. The number of primary amides is 1. The molecule has 11 heavy (non-hydrogen) atoms. The quantitative estimate of drug-likeness (QED) is 0.511. The van der Waals surface area contributed by atoms with Crippen LogP contribution >= 0.6 is 0 Å². The minimum Gasteiger partial charge on any atom is -0.368 e. The van der Waals surface area contributed by atoms with E-state index in [0.29, 0.717) is 6.54 Å². The molecule has 0 spiro atoms. The van der Waals surface area contributed by atoms with E-state index in [1.54, 1.807) is 6.92 Å². The second-order valence-corrected chi connectivity index (χ2v) is 2.08. The highest BCUT2D eigenvalue weighted by Crippen LogP contribution is 1.86. The van der Waals surface area contributed by atoms with Gasteiger partial charge in [-0.1, -0.05) is 0 Å². The molecular weight excluding hydrogens is 146 g/mol. The number of rotatable bonds is 4. The standard InChI is InChI=1S/C6H13N3O2/c1-2-9(4-5(8)10)6(11)3-7/h2-4,7H2,1H3,(H2,8,10). The van der Waals surface area contributed by atoms with E-state index in [-0.39, 0.29) is 19.0 Å². The maximum atomic E-state index is 10.9. The van der Waals surface area contributed by atoms with Crippen LogP contribution in [0.1, 0.15) is 6.92 Å². The third-order valence-corrected chi connectivity index (χ3v) is 1.26. The molecule has 0 aliphatic heterocycles. The highest BCUT2D eigenvalue weighted by atomic mass is 16.2. The monoisotopic (exact) mass is 159 g/mol. The summed E-state index contributed by atoms with van der Waals surface area (Å²) < 4.78 is 0. The average Bonchev–Trinajstić information content (AvgIpc) is 1.98. The molecule has 4 N–H and O–H groups in total. The fourth-order valence-corrected chi connectivity index (χ4v) is 0.694. The molecule has 0 aliphatic rings. The Morgan fingerprint density at radius 3 is 2.27 bits per heavy atom. The normalized spacial score (nSPS) is 9.27. The van der Waals surface area contributed by atoms with Crippen molar-refractivity contribution >= 4 is 11.8 Å². The van der Waals surface area contributed by atoms with Crippen LogP contribution in [0.4, 0.5) is 0 Å². The second-order valence-electron chi connectivity index (χ2n) is 2.08. The number of hydrogen-bond acceptors (Lipinski definition) is 3. The van der Waals surface area contributed by atoms with Crippen molar-refractivity contribution in [3.8, 4) is 0 Å². The summed E-state index contributed by atoms with van der Waals surface area (Å²) in [6, 6.07) is 0. The Morgan fingerprint density at radius 2 is 2.00 bits per heavy atom. The van der Waals surface area contributed by atoms with Crippen molar-refractivity contribution in [2.24, 2.45) is 11.5 Å². The van der Waals surface area contributed by atoms with E-state index in [4.69, 9.17) is 11.5 Å². The van der Waals surface area contributed by atoms with E-state index in [9.17, 15) is 9.59 Å². The van der Waals surface area contributed by atoms with Gasteiger partial charge in [0.2, 0.25) is 11.8 Å². The Hall–Kier alpha value is -1.10. The molecule has 0 saturated heterocycles. The molecule has 0 bridgehead atoms. The maximum Gasteiger partial charge on any atom is 0.237 e. The summed E-state index contributed by atoms with van der Waals surface area (Å²) in [4.78, 5) is 22.6. The zero-order chi connectivity index (χ0) is 8.85. The van der Waals surface area contributed by atoms with Crippen LogP contribution in [0.5, 0.6) is 0 Å². The Bertz CT molecular complexity index is 158. The van der Waals surface area contributed by atoms with Crippen molar-refractivity contribution in [3.05, 3.63) is 0 Å². The van der Waals surface area contributed by atoms with Gasteiger partial charge in [0.1, 0.15) is 0 Å². The Labute approximate surface area is 65.3 Å². The lowest BCUT2D eigenvalue weighted by molar-refractivity contribution is -0.133. The summed E-state index contributed by atoms with van der Waals surface area (Å²) >= 11 is 0. The van der Waals surface area contributed by atoms with E-state index >= 15 is 0 Å². The number of carbonyl (C=O) groups excluding carboxylic acids is 2. The smallest absolute Gasteiger partial charge is 0.237 e. The molecular formula is C6H13N3O2. The van der Waals surface area contributed by atoms with Crippen LogP contribution < -0.4 is 11.5 Å². The van der Waals surface area contributed by atoms with Crippen LogP contribution in [0, 0.1) is 0 Å². The number of nitrogens with zero attached hydrogens (tertiary/aromatic N) is 1. The topological polar surface area (TPSA) is 89.4 Å². The zero-order valence-electron chi connectivity index (χ0n) is 6.54. The molecule has 0 aromatic rings. The Balaban J connectivity index is 3.94. The first kappa shape index (κ1) is 9.90. The molecule has 5 nitrogen and oxygen atoms in total. The molecule has 2 amide bonds. The van der Waals surface area contributed by atoms with Crippen LogP contribution in [0.25, 0.3) is 0 Å². The summed E-state index contributed by atoms with van der Waals surface area (Å²) in [7, 11) is 0. The van der Waals surface area contributed by atoms with Gasteiger partial charge >= 0.3 is 0 Å². The first-order valence-electron chi connectivity index (χ1n) is 3.38. The molecule has 0 rings (SSSR count). The summed E-state index contributed by atoms with van der Waals surface area (Å²) in [5.41, 5.74) is 9.97. The van der Waals surface area contributed by atoms with E-state index in [1.807, 2.05) is 0 Å². The van der Waals surface area contributed by atoms with Gasteiger partial charge in [0, 0.05) is 6.54 Å². The summed E-state index contributed by atoms with van der Waals surface area (Å²) in [6.45, 7) is 2.09. The van der Waals surface area contributed by atoms with Crippen molar-refractivity contribution in [1.29, 1.82) is 0 Å². The highest BCUT2D eigenvalue weighted by Gasteiger charge is 2.10. The number of hydrogen-bond donors (Lipinski definition) is 2. The van der Waals surface area contributed by atoms with Gasteiger partial charge in [0.05, 0.1) is 13.1 Å². The van der Waals surface area contributed by atoms with Crippen LogP contribution in [0.2, 0.25) is 0 Å². The first-order valence-corrected chi connectivity index (χ1v) is 3.38. The van der Waals surface area contributed by atoms with E-state index in [0.717, 1.165) is 0 Å². The van der Waals surface area contributed by atoms with Crippen LogP contribution in [-0.2, 0) is 9.59 Å². The van der Waals surface area contributed by atoms with Crippen molar-refractivity contribution in [3.63, 3.8) is 0 Å². The number of amides is 2. The fourth-order valence-electron chi connectivity index (χ4n) is 0.694. The SMILES string of the molecule is CCN(CC(N)=O)C(=O)CN. The third kappa shape index (κ3) is 3.57. The van der Waals surface area contributed by atoms with Crippen LogP contribution in [-0.4, -0.2) is 36.3 Å². The van der Waals surface area contributed by atoms with Gasteiger partial charge in [-0.25, -0.2) is 0 Å². The van der Waals surface area contributed by atoms with Gasteiger partial charge in [-0.3, -0.25) is 9.59 Å². The first-order chi connectivity index (χ1) is 5.11. The van der Waals surface area contributed by atoms with E-state index in [2.05, 4.69) is 0 Å². The van der Waals surface area contributed by atoms with Gasteiger partial charge in [-0.15, -0.1) is 0 Å². The predicted octanol–water partition coefficient (Wildman–Crippen LogP) is -1.72. The molecule has 0 atom stereocenters. The lowest BCUT2D eigenvalue weighted by atomic mass is 10.4. The predicted molar refractivity (Wildman–Crippen MR) is 40.5 cm³/mol. The molecule has 0 aromatic heterocycles. The van der Waals surface area contributed by atoms with Crippen LogP contribution in [0.3, 0.4) is 0 Å².